The Hall–Kier alpha value is -0.760. The monoisotopic (exact) mass is 193 g/mol. The maximum absolute atomic E-state index is 11.9. The van der Waals surface area contributed by atoms with Gasteiger partial charge in [-0.3, -0.25) is 0 Å². The Labute approximate surface area is 74.3 Å². The van der Waals surface area contributed by atoms with Crippen LogP contribution in [0.3, 0.4) is 0 Å². The minimum absolute atomic E-state index is 0.189. The molecule has 1 fully saturated rings. The van der Waals surface area contributed by atoms with Gasteiger partial charge in [-0.15, -0.1) is 0 Å². The molecule has 74 valence electrons. The third kappa shape index (κ3) is 3.64. The van der Waals surface area contributed by atoms with Gasteiger partial charge in [-0.25, -0.2) is 0 Å². The molecule has 0 amide bonds. The van der Waals surface area contributed by atoms with Gasteiger partial charge in [0.05, 0.1) is 31.1 Å². The van der Waals surface area contributed by atoms with E-state index in [1.807, 2.05) is 6.07 Å². The molecular weight excluding hydrogens is 183 g/mol. The van der Waals surface area contributed by atoms with Crippen molar-refractivity contribution < 1.29 is 17.9 Å². The van der Waals surface area contributed by atoms with E-state index in [1.165, 1.54) is 0 Å². The fourth-order valence-electron chi connectivity index (χ4n) is 1.44. The first-order chi connectivity index (χ1) is 6.01. The number of ether oxygens (including phenoxy) is 1. The molecule has 1 saturated heterocycles. The molecule has 1 heterocycles. The number of rotatable bonds is 2. The Morgan fingerprint density at radius 1 is 1.31 bits per heavy atom. The van der Waals surface area contributed by atoms with Gasteiger partial charge in [0.25, 0.3) is 0 Å². The van der Waals surface area contributed by atoms with E-state index in [0.717, 1.165) is 0 Å². The SMILES string of the molecule is N#CCC1CCC(CC(F)(F)F)O1. The molecule has 13 heavy (non-hydrogen) atoms. The average molecular weight is 193 g/mol. The van der Waals surface area contributed by atoms with Gasteiger partial charge >= 0.3 is 6.18 Å². The highest BCUT2D eigenvalue weighted by Gasteiger charge is 2.36. The van der Waals surface area contributed by atoms with Crippen LogP contribution in [0.4, 0.5) is 13.2 Å². The molecule has 5 heteroatoms. The molecule has 0 radical (unpaired) electrons. The molecule has 2 unspecified atom stereocenters. The molecule has 2 nitrogen and oxygen atoms in total. The summed E-state index contributed by atoms with van der Waals surface area (Å²) in [6.07, 6.45) is -4.92. The summed E-state index contributed by atoms with van der Waals surface area (Å²) in [5.74, 6) is 0. The minimum atomic E-state index is -4.16. The maximum Gasteiger partial charge on any atom is 0.391 e. The molecule has 1 rings (SSSR count). The molecule has 1 aliphatic heterocycles. The van der Waals surface area contributed by atoms with Gasteiger partial charge in [-0.2, -0.15) is 18.4 Å². The van der Waals surface area contributed by atoms with E-state index in [-0.39, 0.29) is 12.5 Å². The molecule has 0 aliphatic carbocycles. The standard InChI is InChI=1S/C8H10F3NO/c9-8(10,11)5-7-2-1-6(13-7)3-4-12/h6-7H,1-3,5H2. The first-order valence-corrected chi connectivity index (χ1v) is 4.10. The molecule has 0 aromatic carbocycles. The summed E-state index contributed by atoms with van der Waals surface area (Å²) >= 11 is 0. The quantitative estimate of drug-likeness (QED) is 0.674. The van der Waals surface area contributed by atoms with Crippen molar-refractivity contribution in [2.45, 2.75) is 44.1 Å². The maximum atomic E-state index is 11.9. The Morgan fingerprint density at radius 2 is 1.92 bits per heavy atom. The fourth-order valence-corrected chi connectivity index (χ4v) is 1.44. The van der Waals surface area contributed by atoms with Crippen LogP contribution in [-0.2, 0) is 4.74 Å². The van der Waals surface area contributed by atoms with Crippen molar-refractivity contribution in [2.75, 3.05) is 0 Å². The Morgan fingerprint density at radius 3 is 2.46 bits per heavy atom. The van der Waals surface area contributed by atoms with Gasteiger partial charge < -0.3 is 4.74 Å². The summed E-state index contributed by atoms with van der Waals surface area (Å²) in [4.78, 5) is 0. The number of halogens is 3. The van der Waals surface area contributed by atoms with E-state index in [2.05, 4.69) is 0 Å². The molecule has 0 spiro atoms. The average Bonchev–Trinajstić information content (AvgIpc) is 2.33. The van der Waals surface area contributed by atoms with Crippen LogP contribution in [0.15, 0.2) is 0 Å². The third-order valence-electron chi connectivity index (χ3n) is 1.97. The Balaban J connectivity index is 2.30. The van der Waals surface area contributed by atoms with E-state index < -0.39 is 18.7 Å². The second-order valence-corrected chi connectivity index (χ2v) is 3.14. The Kier molecular flexibility index (Phi) is 3.15. The number of hydrogen-bond acceptors (Lipinski definition) is 2. The van der Waals surface area contributed by atoms with Crippen molar-refractivity contribution >= 4 is 0 Å². The van der Waals surface area contributed by atoms with E-state index in [4.69, 9.17) is 10.00 Å². The summed E-state index contributed by atoms with van der Waals surface area (Å²) in [7, 11) is 0. The molecule has 0 N–H and O–H groups in total. The molecular formula is C8H10F3NO. The Bertz CT molecular complexity index is 208. The van der Waals surface area contributed by atoms with E-state index in [1.54, 1.807) is 0 Å². The van der Waals surface area contributed by atoms with Crippen molar-refractivity contribution in [3.8, 4) is 6.07 Å². The van der Waals surface area contributed by atoms with Gasteiger partial charge in [0.2, 0.25) is 0 Å². The summed E-state index contributed by atoms with van der Waals surface area (Å²) in [6, 6.07) is 1.89. The lowest BCUT2D eigenvalue weighted by molar-refractivity contribution is -0.158. The molecule has 2 atom stereocenters. The largest absolute Gasteiger partial charge is 0.391 e. The van der Waals surface area contributed by atoms with E-state index in [0.29, 0.717) is 12.8 Å². The molecule has 0 aromatic rings. The lowest BCUT2D eigenvalue weighted by Gasteiger charge is -2.13. The van der Waals surface area contributed by atoms with Crippen LogP contribution in [0.2, 0.25) is 0 Å². The molecule has 0 bridgehead atoms. The third-order valence-corrected chi connectivity index (χ3v) is 1.97. The summed E-state index contributed by atoms with van der Waals surface area (Å²) in [5, 5.41) is 8.29. The smallest absolute Gasteiger partial charge is 0.374 e. The highest BCUT2D eigenvalue weighted by molar-refractivity contribution is 4.83. The van der Waals surface area contributed by atoms with Crippen LogP contribution in [-0.4, -0.2) is 18.4 Å². The first-order valence-electron chi connectivity index (χ1n) is 4.10. The van der Waals surface area contributed by atoms with Crippen LogP contribution in [0.1, 0.15) is 25.7 Å². The van der Waals surface area contributed by atoms with Gasteiger partial charge in [-0.05, 0) is 12.8 Å². The highest BCUT2D eigenvalue weighted by atomic mass is 19.4. The van der Waals surface area contributed by atoms with Crippen molar-refractivity contribution in [1.29, 1.82) is 5.26 Å². The minimum Gasteiger partial charge on any atom is -0.374 e. The number of alkyl halides is 3. The summed E-state index contributed by atoms with van der Waals surface area (Å²) < 4.78 is 40.7. The van der Waals surface area contributed by atoms with Crippen LogP contribution in [0.5, 0.6) is 0 Å². The number of nitrogens with zero attached hydrogens (tertiary/aromatic N) is 1. The van der Waals surface area contributed by atoms with Crippen LogP contribution in [0, 0.1) is 11.3 Å². The fraction of sp³-hybridized carbons (Fsp3) is 0.875. The predicted molar refractivity (Wildman–Crippen MR) is 38.8 cm³/mol. The summed E-state index contributed by atoms with van der Waals surface area (Å²) in [5.41, 5.74) is 0. The predicted octanol–water partition coefficient (Wildman–Crippen LogP) is 2.40. The zero-order valence-corrected chi connectivity index (χ0v) is 6.97. The van der Waals surface area contributed by atoms with Crippen LogP contribution < -0.4 is 0 Å². The molecule has 1 aliphatic rings. The van der Waals surface area contributed by atoms with Gasteiger partial charge in [0.1, 0.15) is 0 Å². The second kappa shape index (κ2) is 3.97. The van der Waals surface area contributed by atoms with Crippen molar-refractivity contribution in [3.63, 3.8) is 0 Å². The highest BCUT2D eigenvalue weighted by Crippen LogP contribution is 2.31. The van der Waals surface area contributed by atoms with E-state index >= 15 is 0 Å². The topological polar surface area (TPSA) is 33.0 Å². The van der Waals surface area contributed by atoms with Crippen molar-refractivity contribution in [2.24, 2.45) is 0 Å². The number of nitriles is 1. The lowest BCUT2D eigenvalue weighted by Crippen LogP contribution is -2.19. The zero-order valence-electron chi connectivity index (χ0n) is 6.97. The zero-order chi connectivity index (χ0) is 9.90. The van der Waals surface area contributed by atoms with Gasteiger partial charge in [0.15, 0.2) is 0 Å². The molecule has 0 saturated carbocycles. The second-order valence-electron chi connectivity index (χ2n) is 3.14. The van der Waals surface area contributed by atoms with Crippen LogP contribution >= 0.6 is 0 Å². The van der Waals surface area contributed by atoms with E-state index in [9.17, 15) is 13.2 Å². The molecule has 0 aromatic heterocycles. The normalized spacial score (nSPS) is 28.8. The van der Waals surface area contributed by atoms with Crippen molar-refractivity contribution in [3.05, 3.63) is 0 Å². The first kappa shape index (κ1) is 10.3. The number of hydrogen-bond donors (Lipinski definition) is 0. The summed E-state index contributed by atoms with van der Waals surface area (Å²) in [6.45, 7) is 0. The van der Waals surface area contributed by atoms with Gasteiger partial charge in [0, 0.05) is 0 Å². The van der Waals surface area contributed by atoms with Crippen molar-refractivity contribution in [1.82, 2.24) is 0 Å². The lowest BCUT2D eigenvalue weighted by atomic mass is 10.1. The van der Waals surface area contributed by atoms with Gasteiger partial charge in [-0.1, -0.05) is 0 Å². The van der Waals surface area contributed by atoms with Crippen LogP contribution in [0.25, 0.3) is 0 Å².